The van der Waals surface area contributed by atoms with Gasteiger partial charge >= 0.3 is 0 Å². The number of rotatable bonds is 4. The van der Waals surface area contributed by atoms with Crippen LogP contribution >= 0.6 is 0 Å². The Bertz CT molecular complexity index is 2090. The Morgan fingerprint density at radius 2 is 1.40 bits per heavy atom. The molecule has 4 nitrogen and oxygen atoms in total. The van der Waals surface area contributed by atoms with Crippen molar-refractivity contribution in [3.05, 3.63) is 120 Å². The number of nitrogens with zero attached hydrogens (tertiary/aromatic N) is 3. The highest BCUT2D eigenvalue weighted by Crippen LogP contribution is 2.39. The van der Waals surface area contributed by atoms with Gasteiger partial charge in [0.25, 0.3) is 0 Å². The van der Waals surface area contributed by atoms with Crippen LogP contribution in [0.1, 0.15) is 60.8 Å². The first-order valence-electron chi connectivity index (χ1n) is 17.0. The van der Waals surface area contributed by atoms with Crippen molar-refractivity contribution in [2.45, 2.75) is 52.2 Å². The molecular formula is C38H37N3O. The summed E-state index contributed by atoms with van der Waals surface area (Å²) in [7, 11) is 0. The summed E-state index contributed by atoms with van der Waals surface area (Å²) in [6.07, 6.45) is 1.37. The summed E-state index contributed by atoms with van der Waals surface area (Å²) < 4.78 is 50.3. The smallest absolute Gasteiger partial charge is 0.149 e. The average Bonchev–Trinajstić information content (AvgIpc) is 3.43. The van der Waals surface area contributed by atoms with E-state index in [1.54, 1.807) is 24.3 Å². The molecule has 4 aromatic carbocycles. The van der Waals surface area contributed by atoms with Crippen LogP contribution in [-0.4, -0.2) is 19.6 Å². The highest BCUT2D eigenvalue weighted by Gasteiger charge is 2.22. The number of aromatic nitrogens is 3. The molecule has 0 aliphatic carbocycles. The van der Waals surface area contributed by atoms with E-state index in [2.05, 4.69) is 42.5 Å². The summed E-state index contributed by atoms with van der Waals surface area (Å²) in [4.78, 5) is 9.78. The molecule has 0 saturated heterocycles. The van der Waals surface area contributed by atoms with E-state index in [4.69, 9.17) is 13.2 Å². The van der Waals surface area contributed by atoms with Gasteiger partial charge in [0.2, 0.25) is 0 Å². The maximum atomic E-state index is 10.9. The third kappa shape index (κ3) is 5.09. The number of phenols is 1. The van der Waals surface area contributed by atoms with Gasteiger partial charge in [0, 0.05) is 31.2 Å². The predicted octanol–water partition coefficient (Wildman–Crippen LogP) is 9.72. The highest BCUT2D eigenvalue weighted by molar-refractivity contribution is 5.96. The number of imidazole rings is 1. The lowest BCUT2D eigenvalue weighted by Crippen LogP contribution is -2.12. The lowest BCUT2D eigenvalue weighted by molar-refractivity contribution is 0.477. The summed E-state index contributed by atoms with van der Waals surface area (Å²) in [5, 5.41) is 10.9. The number of para-hydroxylation sites is 3. The van der Waals surface area contributed by atoms with Crippen molar-refractivity contribution < 1.29 is 13.3 Å². The summed E-state index contributed by atoms with van der Waals surface area (Å²) in [6, 6.07) is 32.6. The van der Waals surface area contributed by atoms with E-state index in [0.29, 0.717) is 17.1 Å². The molecule has 1 N–H and O–H groups in total. The SMILES string of the molecule is [2H]C([2H])([2H])C(C)(c1ccc(-c2cc(-c3cccc4c3nc(-c3ccccc3O)n4-c3ccccc3)cc(C(C)(C)C)c2)nc1)C([2H])([2H])[2H]. The topological polar surface area (TPSA) is 50.9 Å². The average molecular weight is 558 g/mol. The van der Waals surface area contributed by atoms with Crippen molar-refractivity contribution in [3.63, 3.8) is 0 Å². The number of hydrogen-bond acceptors (Lipinski definition) is 3. The summed E-state index contributed by atoms with van der Waals surface area (Å²) in [5.41, 5.74) is 5.19. The first kappa shape index (κ1) is 21.1. The molecule has 2 heterocycles. The number of benzene rings is 4. The number of pyridine rings is 1. The Morgan fingerprint density at radius 3 is 2.10 bits per heavy atom. The minimum Gasteiger partial charge on any atom is -0.507 e. The molecule has 0 aliphatic heterocycles. The lowest BCUT2D eigenvalue weighted by atomic mass is 9.83. The molecular weight excluding hydrogens is 514 g/mol. The van der Waals surface area contributed by atoms with E-state index in [1.165, 1.54) is 13.1 Å². The minimum atomic E-state index is -2.77. The second kappa shape index (κ2) is 10.3. The second-order valence-corrected chi connectivity index (χ2v) is 11.9. The Balaban J connectivity index is 1.56. The van der Waals surface area contributed by atoms with Crippen molar-refractivity contribution in [2.75, 3.05) is 0 Å². The van der Waals surface area contributed by atoms with Gasteiger partial charge in [0.05, 0.1) is 22.3 Å². The van der Waals surface area contributed by atoms with Crippen molar-refractivity contribution in [3.8, 4) is 45.2 Å². The minimum absolute atomic E-state index is 0.131. The monoisotopic (exact) mass is 557 g/mol. The van der Waals surface area contributed by atoms with Crippen LogP contribution in [0.5, 0.6) is 5.75 Å². The van der Waals surface area contributed by atoms with Crippen molar-refractivity contribution >= 4 is 11.0 Å². The maximum absolute atomic E-state index is 10.9. The fourth-order valence-electron chi connectivity index (χ4n) is 5.24. The molecule has 0 unspecified atom stereocenters. The van der Waals surface area contributed by atoms with Crippen molar-refractivity contribution in [1.29, 1.82) is 0 Å². The summed E-state index contributed by atoms with van der Waals surface area (Å²) in [5.74, 6) is 0.740. The summed E-state index contributed by atoms with van der Waals surface area (Å²) in [6.45, 7) is 2.11. The van der Waals surface area contributed by atoms with Crippen LogP contribution in [0.3, 0.4) is 0 Å². The zero-order valence-electron chi connectivity index (χ0n) is 30.2. The lowest BCUT2D eigenvalue weighted by Gasteiger charge is -2.22. The van der Waals surface area contributed by atoms with Gasteiger partial charge < -0.3 is 5.11 Å². The van der Waals surface area contributed by atoms with Gasteiger partial charge in [-0.2, -0.15) is 0 Å². The van der Waals surface area contributed by atoms with E-state index in [0.717, 1.165) is 39.0 Å². The third-order valence-corrected chi connectivity index (χ3v) is 7.59. The number of aromatic hydroxyl groups is 1. The fraction of sp³-hybridized carbons (Fsp3) is 0.211. The Labute approximate surface area is 256 Å². The van der Waals surface area contributed by atoms with Gasteiger partial charge in [0.15, 0.2) is 0 Å². The molecule has 0 radical (unpaired) electrons. The van der Waals surface area contributed by atoms with E-state index < -0.39 is 19.1 Å². The molecule has 0 spiro atoms. The van der Waals surface area contributed by atoms with Crippen LogP contribution in [0.4, 0.5) is 0 Å². The molecule has 42 heavy (non-hydrogen) atoms. The van der Waals surface area contributed by atoms with E-state index in [-0.39, 0.29) is 16.7 Å². The first-order valence-corrected chi connectivity index (χ1v) is 14.0. The van der Waals surface area contributed by atoms with Crippen molar-refractivity contribution in [1.82, 2.24) is 14.5 Å². The molecule has 0 aliphatic rings. The van der Waals surface area contributed by atoms with Gasteiger partial charge in [0.1, 0.15) is 11.6 Å². The quantitative estimate of drug-likeness (QED) is 0.235. The van der Waals surface area contributed by atoms with Gasteiger partial charge in [-0.25, -0.2) is 4.98 Å². The second-order valence-electron chi connectivity index (χ2n) is 11.9. The number of fused-ring (bicyclic) bond motifs is 1. The van der Waals surface area contributed by atoms with Crippen LogP contribution < -0.4 is 0 Å². The molecule has 0 fully saturated rings. The normalized spacial score (nSPS) is 14.9. The molecule has 0 atom stereocenters. The molecule has 4 heteroatoms. The fourth-order valence-corrected chi connectivity index (χ4v) is 5.24. The largest absolute Gasteiger partial charge is 0.507 e. The van der Waals surface area contributed by atoms with Crippen LogP contribution in [-0.2, 0) is 10.8 Å². The first-order chi connectivity index (χ1) is 22.5. The predicted molar refractivity (Wildman–Crippen MR) is 174 cm³/mol. The Kier molecular flexibility index (Phi) is 5.16. The third-order valence-electron chi connectivity index (χ3n) is 7.59. The Hall–Kier alpha value is -4.70. The van der Waals surface area contributed by atoms with Gasteiger partial charge in [-0.15, -0.1) is 0 Å². The van der Waals surface area contributed by atoms with Crippen LogP contribution in [0.25, 0.3) is 50.5 Å². The zero-order valence-corrected chi connectivity index (χ0v) is 24.2. The van der Waals surface area contributed by atoms with Crippen LogP contribution in [0.2, 0.25) is 0 Å². The van der Waals surface area contributed by atoms with E-state index in [9.17, 15) is 5.11 Å². The van der Waals surface area contributed by atoms with Crippen LogP contribution in [0.15, 0.2) is 109 Å². The molecule has 210 valence electrons. The molecule has 0 saturated carbocycles. The molecule has 6 aromatic rings. The standard InChI is InChI=1S/C38H37N3O/c1-37(2,3)27-19-20-32(39-24-27)26-21-25(22-28(23-26)38(4,5)6)30-16-12-17-33-35(30)40-36(31-15-10-11-18-34(31)42)41(33)29-13-8-7-9-14-29/h7-24,42H,1-6H3/i1D3,2D3. The molecule has 2 aromatic heterocycles. The van der Waals surface area contributed by atoms with Gasteiger partial charge in [-0.05, 0) is 76.1 Å². The number of phenolic OH excluding ortho intramolecular Hbond substituents is 1. The van der Waals surface area contributed by atoms with Gasteiger partial charge in [-0.3, -0.25) is 9.55 Å². The van der Waals surface area contributed by atoms with Gasteiger partial charge in [-0.1, -0.05) is 96.0 Å². The number of hydrogen-bond donors (Lipinski definition) is 1. The zero-order chi connectivity index (χ0) is 34.6. The molecule has 6 rings (SSSR count). The maximum Gasteiger partial charge on any atom is 0.149 e. The summed E-state index contributed by atoms with van der Waals surface area (Å²) >= 11 is 0. The van der Waals surface area contributed by atoms with E-state index >= 15 is 0 Å². The highest BCUT2D eigenvalue weighted by atomic mass is 16.3. The van der Waals surface area contributed by atoms with Crippen LogP contribution in [0, 0.1) is 0 Å². The Morgan fingerprint density at radius 1 is 0.690 bits per heavy atom. The van der Waals surface area contributed by atoms with E-state index in [1.807, 2.05) is 66.7 Å². The van der Waals surface area contributed by atoms with Crippen molar-refractivity contribution in [2.24, 2.45) is 0 Å². The molecule has 0 bridgehead atoms. The molecule has 0 amide bonds.